The number of aromatic nitrogens is 3. The molecule has 2 N–H and O–H groups in total. The van der Waals surface area contributed by atoms with Gasteiger partial charge in [0.15, 0.2) is 0 Å². The molecule has 42 heavy (non-hydrogen) atoms. The van der Waals surface area contributed by atoms with E-state index in [1.165, 1.54) is 21.0 Å². The molecule has 0 spiro atoms. The minimum absolute atomic E-state index is 0.210. The fourth-order valence-corrected chi connectivity index (χ4v) is 6.24. The van der Waals surface area contributed by atoms with Gasteiger partial charge in [-0.05, 0) is 62.3 Å². The number of aryl methyl sites for hydroxylation is 1. The largest absolute Gasteiger partial charge is 0.480 e. The fraction of sp³-hybridized carbons (Fsp3) is 0.515. The van der Waals surface area contributed by atoms with Crippen LogP contribution in [0.25, 0.3) is 0 Å². The molecular weight excluding hydrogens is 548 g/mol. The number of thioether (sulfide) groups is 1. The van der Waals surface area contributed by atoms with Crippen molar-refractivity contribution in [2.24, 2.45) is 0 Å². The number of benzene rings is 2. The molecular formula is C33H46N4O4S. The van der Waals surface area contributed by atoms with Gasteiger partial charge in [-0.2, -0.15) is 0 Å². The van der Waals surface area contributed by atoms with Crippen LogP contribution in [0.4, 0.5) is 5.82 Å². The van der Waals surface area contributed by atoms with Crippen molar-refractivity contribution in [2.75, 3.05) is 11.9 Å². The Morgan fingerprint density at radius 3 is 2.38 bits per heavy atom. The molecule has 0 aliphatic heterocycles. The fourth-order valence-electron chi connectivity index (χ4n) is 4.97. The molecule has 1 atom stereocenters. The van der Waals surface area contributed by atoms with Crippen LogP contribution in [0.15, 0.2) is 69.1 Å². The first kappa shape index (κ1) is 33.2. The van der Waals surface area contributed by atoms with Crippen LogP contribution in [-0.2, 0) is 24.3 Å². The third-order valence-corrected chi connectivity index (χ3v) is 8.71. The van der Waals surface area contributed by atoms with E-state index in [0.717, 1.165) is 73.8 Å². The van der Waals surface area contributed by atoms with Gasteiger partial charge in [0, 0.05) is 18.0 Å². The van der Waals surface area contributed by atoms with Gasteiger partial charge in [0.1, 0.15) is 4.75 Å². The van der Waals surface area contributed by atoms with E-state index >= 15 is 0 Å². The van der Waals surface area contributed by atoms with Crippen LogP contribution in [0.3, 0.4) is 0 Å². The first-order valence-corrected chi connectivity index (χ1v) is 16.1. The molecule has 228 valence electrons. The molecule has 0 bridgehead atoms. The molecule has 0 aliphatic rings. The van der Waals surface area contributed by atoms with E-state index in [-0.39, 0.29) is 17.1 Å². The van der Waals surface area contributed by atoms with Crippen molar-refractivity contribution in [3.05, 3.63) is 86.6 Å². The number of aliphatic carboxylic acids is 1. The molecule has 1 unspecified atom stereocenters. The maximum absolute atomic E-state index is 13.2. The first-order chi connectivity index (χ1) is 20.3. The van der Waals surface area contributed by atoms with Crippen molar-refractivity contribution < 1.29 is 9.90 Å². The van der Waals surface area contributed by atoms with Crippen molar-refractivity contribution in [3.63, 3.8) is 0 Å². The van der Waals surface area contributed by atoms with Crippen LogP contribution in [0, 0.1) is 0 Å². The molecule has 1 aromatic heterocycles. The molecule has 0 fully saturated rings. The van der Waals surface area contributed by atoms with Crippen LogP contribution >= 0.6 is 11.8 Å². The molecule has 2 aromatic carbocycles. The molecule has 0 radical (unpaired) electrons. The van der Waals surface area contributed by atoms with Gasteiger partial charge in [-0.25, -0.2) is 9.48 Å². The molecule has 8 nitrogen and oxygen atoms in total. The number of anilines is 1. The van der Waals surface area contributed by atoms with Crippen molar-refractivity contribution in [2.45, 2.75) is 108 Å². The van der Waals surface area contributed by atoms with Crippen molar-refractivity contribution in [1.29, 1.82) is 0 Å². The highest BCUT2D eigenvalue weighted by Gasteiger charge is 2.33. The lowest BCUT2D eigenvalue weighted by Gasteiger charge is -2.23. The summed E-state index contributed by atoms with van der Waals surface area (Å²) in [6.45, 7) is 7.21. The third kappa shape index (κ3) is 9.89. The predicted octanol–water partition coefficient (Wildman–Crippen LogP) is 6.59. The summed E-state index contributed by atoms with van der Waals surface area (Å²) in [6, 6.07) is 17.8. The smallest absolute Gasteiger partial charge is 0.347 e. The maximum Gasteiger partial charge on any atom is 0.347 e. The minimum Gasteiger partial charge on any atom is -0.480 e. The zero-order valence-corrected chi connectivity index (χ0v) is 26.1. The van der Waals surface area contributed by atoms with Gasteiger partial charge in [-0.3, -0.25) is 14.2 Å². The van der Waals surface area contributed by atoms with Gasteiger partial charge in [-0.1, -0.05) is 88.4 Å². The quantitative estimate of drug-likeness (QED) is 0.119. The molecule has 3 rings (SSSR count). The van der Waals surface area contributed by atoms with Crippen LogP contribution in [0.1, 0.15) is 89.7 Å². The topological polar surface area (TPSA) is 106 Å². The highest BCUT2D eigenvalue weighted by atomic mass is 32.2. The molecule has 0 amide bonds. The molecule has 0 saturated heterocycles. The number of carboxylic acid groups (broad SMARTS) is 1. The summed E-state index contributed by atoms with van der Waals surface area (Å²) in [5.41, 5.74) is 1.37. The number of carbonyl (C=O) groups is 1. The van der Waals surface area contributed by atoms with E-state index in [4.69, 9.17) is 0 Å². The summed E-state index contributed by atoms with van der Waals surface area (Å²) in [5, 5.41) is 17.4. The van der Waals surface area contributed by atoms with Crippen molar-refractivity contribution in [1.82, 2.24) is 14.3 Å². The van der Waals surface area contributed by atoms with Crippen LogP contribution in [0.5, 0.6) is 0 Å². The zero-order chi connectivity index (χ0) is 30.4. The van der Waals surface area contributed by atoms with E-state index in [1.54, 1.807) is 6.92 Å². The Balaban J connectivity index is 1.63. The van der Waals surface area contributed by atoms with Gasteiger partial charge >= 0.3 is 11.7 Å². The van der Waals surface area contributed by atoms with Gasteiger partial charge in [0.2, 0.25) is 5.82 Å². The number of hydrogen-bond donors (Lipinski definition) is 2. The maximum atomic E-state index is 13.2. The first-order valence-electron chi connectivity index (χ1n) is 15.3. The van der Waals surface area contributed by atoms with Crippen LogP contribution in [-0.4, -0.2) is 36.7 Å². The average molecular weight is 595 g/mol. The Kier molecular flexibility index (Phi) is 13.4. The lowest BCUT2D eigenvalue weighted by atomic mass is 10.1. The minimum atomic E-state index is -0.844. The Labute approximate surface area is 253 Å². The molecule has 0 aliphatic carbocycles. The van der Waals surface area contributed by atoms with E-state index < -0.39 is 10.7 Å². The summed E-state index contributed by atoms with van der Waals surface area (Å²) < 4.78 is 1.87. The molecule has 9 heteroatoms. The lowest BCUT2D eigenvalue weighted by Crippen LogP contribution is -2.43. The normalized spacial score (nSPS) is 12.6. The third-order valence-electron chi connectivity index (χ3n) is 7.39. The highest BCUT2D eigenvalue weighted by molar-refractivity contribution is 8.01. The second-order valence-corrected chi connectivity index (χ2v) is 12.6. The SMILES string of the molecule is CCCCCCCn1c(=O)c(NCCCCc2cccc(SC(C)(CCC)C(=O)O)c2)nn(Cc2ccccc2)c1=O. The van der Waals surface area contributed by atoms with Gasteiger partial charge in [-0.15, -0.1) is 16.9 Å². The number of nitrogens with zero attached hydrogens (tertiary/aromatic N) is 3. The Hall–Kier alpha value is -3.33. The summed E-state index contributed by atoms with van der Waals surface area (Å²) in [7, 11) is 0. The highest BCUT2D eigenvalue weighted by Crippen LogP contribution is 2.37. The summed E-state index contributed by atoms with van der Waals surface area (Å²) in [4.78, 5) is 39.2. The van der Waals surface area contributed by atoms with E-state index in [1.807, 2.05) is 49.4 Å². The number of hydrogen-bond acceptors (Lipinski definition) is 6. The van der Waals surface area contributed by atoms with E-state index in [0.29, 0.717) is 26.1 Å². The molecule has 3 aromatic rings. The summed E-state index contributed by atoms with van der Waals surface area (Å²) >= 11 is 1.41. The molecule has 0 saturated carbocycles. The van der Waals surface area contributed by atoms with Gasteiger partial charge < -0.3 is 10.4 Å². The molecule has 1 heterocycles. The zero-order valence-electron chi connectivity index (χ0n) is 25.3. The van der Waals surface area contributed by atoms with Gasteiger partial charge in [0.25, 0.3) is 5.56 Å². The van der Waals surface area contributed by atoms with Crippen LogP contribution in [0.2, 0.25) is 0 Å². The Bertz CT molecular complexity index is 1390. The monoisotopic (exact) mass is 594 g/mol. The van der Waals surface area contributed by atoms with Crippen LogP contribution < -0.4 is 16.6 Å². The average Bonchev–Trinajstić information content (AvgIpc) is 2.97. The predicted molar refractivity (Wildman–Crippen MR) is 172 cm³/mol. The number of nitrogens with one attached hydrogen (secondary N) is 1. The second kappa shape index (κ2) is 16.9. The van der Waals surface area contributed by atoms with Crippen molar-refractivity contribution in [3.8, 4) is 0 Å². The lowest BCUT2D eigenvalue weighted by molar-refractivity contribution is -0.139. The summed E-state index contributed by atoms with van der Waals surface area (Å²) in [6.07, 6.45) is 9.12. The van der Waals surface area contributed by atoms with E-state index in [9.17, 15) is 19.5 Å². The number of carboxylic acids is 1. The van der Waals surface area contributed by atoms with Crippen molar-refractivity contribution >= 4 is 23.5 Å². The number of rotatable bonds is 19. The Morgan fingerprint density at radius 2 is 1.67 bits per heavy atom. The summed E-state index contributed by atoms with van der Waals surface area (Å²) in [5.74, 6) is -0.577. The Morgan fingerprint density at radius 1 is 0.929 bits per heavy atom. The number of unbranched alkanes of at least 4 members (excludes halogenated alkanes) is 5. The second-order valence-electron chi connectivity index (χ2n) is 11.1. The van der Waals surface area contributed by atoms with Gasteiger partial charge in [0.05, 0.1) is 6.54 Å². The van der Waals surface area contributed by atoms with E-state index in [2.05, 4.69) is 29.5 Å². The standard InChI is InChI=1S/C33H46N4O4S/c1-4-6-7-8-14-23-36-30(38)29(35-37(32(36)41)25-27-17-10-9-11-18-27)34-22-13-12-16-26-19-15-20-28(24-26)42-33(3,21-5-2)31(39)40/h9-11,15,17-20,24H,4-8,12-14,16,21-23,25H2,1-3H3,(H,34,35)(H,39,40).